The molecule has 3 rings (SSSR count). The highest BCUT2D eigenvalue weighted by atomic mass is 16.2. The quantitative estimate of drug-likeness (QED) is 0.714. The largest absolute Gasteiger partial charge is 0.335 e. The van der Waals surface area contributed by atoms with E-state index < -0.39 is 0 Å². The number of nitrogens with zero attached hydrogens (tertiary/aromatic N) is 3. The Bertz CT molecular complexity index is 832. The van der Waals surface area contributed by atoms with E-state index in [1.807, 2.05) is 54.0 Å². The second-order valence-electron chi connectivity index (χ2n) is 6.42. The van der Waals surface area contributed by atoms with Crippen LogP contribution in [0.4, 0.5) is 10.5 Å². The number of urea groups is 1. The molecule has 6 nitrogen and oxygen atoms in total. The maximum atomic E-state index is 12.3. The molecule has 0 saturated carbocycles. The lowest BCUT2D eigenvalue weighted by molar-refractivity contribution is 0.248. The summed E-state index contributed by atoms with van der Waals surface area (Å²) in [5.41, 5.74) is 3.03. The maximum absolute atomic E-state index is 12.3. The summed E-state index contributed by atoms with van der Waals surface area (Å²) in [5.74, 6) is 0.224. The van der Waals surface area contributed by atoms with Gasteiger partial charge in [-0.1, -0.05) is 49.4 Å². The van der Waals surface area contributed by atoms with E-state index in [9.17, 15) is 4.79 Å². The number of carbonyl (C=O) groups is 1. The van der Waals surface area contributed by atoms with Crippen molar-refractivity contribution in [1.29, 1.82) is 0 Å². The molecule has 26 heavy (non-hydrogen) atoms. The molecule has 0 aliphatic carbocycles. The number of rotatable bonds is 6. The zero-order valence-corrected chi connectivity index (χ0v) is 15.0. The van der Waals surface area contributed by atoms with Gasteiger partial charge in [0, 0.05) is 17.6 Å². The Hall–Kier alpha value is -3.15. The fourth-order valence-corrected chi connectivity index (χ4v) is 2.81. The van der Waals surface area contributed by atoms with Gasteiger partial charge in [0.05, 0.1) is 6.54 Å². The van der Waals surface area contributed by atoms with Crippen molar-refractivity contribution in [2.75, 3.05) is 5.32 Å². The Morgan fingerprint density at radius 1 is 1.04 bits per heavy atom. The van der Waals surface area contributed by atoms with Crippen LogP contribution in [-0.4, -0.2) is 26.8 Å². The predicted octanol–water partition coefficient (Wildman–Crippen LogP) is 3.64. The number of carbonyl (C=O) groups excluding carboxylic acids is 1. The zero-order chi connectivity index (χ0) is 18.4. The topological polar surface area (TPSA) is 71.8 Å². The van der Waals surface area contributed by atoms with Crippen LogP contribution in [0.1, 0.15) is 30.9 Å². The SMILES string of the molecule is C[C@H](NC(=O)Nc1cccc(Cn2cnnc2)c1)[C@H](C)c1ccccc1. The fourth-order valence-electron chi connectivity index (χ4n) is 2.81. The van der Waals surface area contributed by atoms with Crippen LogP contribution >= 0.6 is 0 Å². The normalized spacial score (nSPS) is 13.0. The molecule has 1 aromatic heterocycles. The van der Waals surface area contributed by atoms with Crippen LogP contribution in [0.2, 0.25) is 0 Å². The number of aromatic nitrogens is 3. The van der Waals surface area contributed by atoms with E-state index in [2.05, 4.69) is 39.9 Å². The van der Waals surface area contributed by atoms with Crippen molar-refractivity contribution >= 4 is 11.7 Å². The van der Waals surface area contributed by atoms with E-state index in [1.165, 1.54) is 5.56 Å². The highest BCUT2D eigenvalue weighted by Gasteiger charge is 2.16. The van der Waals surface area contributed by atoms with Crippen molar-refractivity contribution in [1.82, 2.24) is 20.1 Å². The van der Waals surface area contributed by atoms with Crippen molar-refractivity contribution < 1.29 is 4.79 Å². The van der Waals surface area contributed by atoms with Crippen LogP contribution in [0, 0.1) is 0 Å². The summed E-state index contributed by atoms with van der Waals surface area (Å²) in [5, 5.41) is 13.5. The molecule has 0 fully saturated rings. The Labute approximate surface area is 153 Å². The van der Waals surface area contributed by atoms with Gasteiger partial charge in [-0.05, 0) is 30.2 Å². The van der Waals surface area contributed by atoms with Crippen molar-refractivity contribution in [2.24, 2.45) is 0 Å². The summed E-state index contributed by atoms with van der Waals surface area (Å²) in [6.07, 6.45) is 3.33. The standard InChI is InChI=1S/C20H23N5O/c1-15(18-8-4-3-5-9-18)16(2)23-20(26)24-19-10-6-7-17(11-19)12-25-13-21-22-14-25/h3-11,13-16H,12H2,1-2H3,(H2,23,24,26)/t15-,16-/m0/s1. The van der Waals surface area contributed by atoms with E-state index >= 15 is 0 Å². The minimum atomic E-state index is -0.207. The maximum Gasteiger partial charge on any atom is 0.319 e. The first-order valence-electron chi connectivity index (χ1n) is 8.65. The van der Waals surface area contributed by atoms with Gasteiger partial charge in [-0.15, -0.1) is 10.2 Å². The lowest BCUT2D eigenvalue weighted by Gasteiger charge is -2.22. The Morgan fingerprint density at radius 2 is 1.77 bits per heavy atom. The molecule has 2 atom stereocenters. The molecular formula is C20H23N5O. The molecule has 0 aliphatic heterocycles. The lowest BCUT2D eigenvalue weighted by atomic mass is 9.95. The third kappa shape index (κ3) is 4.69. The molecule has 0 radical (unpaired) electrons. The zero-order valence-electron chi connectivity index (χ0n) is 15.0. The molecule has 3 aromatic rings. The Kier molecular flexibility index (Phi) is 5.63. The van der Waals surface area contributed by atoms with Crippen LogP contribution in [-0.2, 0) is 6.54 Å². The molecule has 0 unspecified atom stereocenters. The molecule has 2 N–H and O–H groups in total. The van der Waals surface area contributed by atoms with Gasteiger partial charge in [-0.25, -0.2) is 4.79 Å². The average Bonchev–Trinajstić information content (AvgIpc) is 3.15. The summed E-state index contributed by atoms with van der Waals surface area (Å²) in [7, 11) is 0. The summed E-state index contributed by atoms with van der Waals surface area (Å²) in [6.45, 7) is 4.78. The first-order chi connectivity index (χ1) is 12.6. The van der Waals surface area contributed by atoms with E-state index in [1.54, 1.807) is 12.7 Å². The predicted molar refractivity (Wildman–Crippen MR) is 102 cm³/mol. The second-order valence-corrected chi connectivity index (χ2v) is 6.42. The summed E-state index contributed by atoms with van der Waals surface area (Å²) in [6, 6.07) is 17.7. The molecule has 134 valence electrons. The number of amides is 2. The van der Waals surface area contributed by atoms with Crippen LogP contribution in [0.15, 0.2) is 67.3 Å². The van der Waals surface area contributed by atoms with Gasteiger partial charge in [0.15, 0.2) is 0 Å². The summed E-state index contributed by atoms with van der Waals surface area (Å²) in [4.78, 5) is 12.3. The molecule has 2 amide bonds. The van der Waals surface area contributed by atoms with Crippen LogP contribution < -0.4 is 10.6 Å². The van der Waals surface area contributed by atoms with Gasteiger partial charge in [-0.3, -0.25) is 0 Å². The monoisotopic (exact) mass is 349 g/mol. The van der Waals surface area contributed by atoms with Crippen LogP contribution in [0.3, 0.4) is 0 Å². The molecule has 2 aromatic carbocycles. The van der Waals surface area contributed by atoms with Crippen molar-refractivity contribution in [3.63, 3.8) is 0 Å². The van der Waals surface area contributed by atoms with E-state index in [0.29, 0.717) is 6.54 Å². The highest BCUT2D eigenvalue weighted by molar-refractivity contribution is 5.89. The van der Waals surface area contributed by atoms with Gasteiger partial charge in [0.2, 0.25) is 0 Å². The first kappa shape index (κ1) is 17.7. The van der Waals surface area contributed by atoms with Crippen molar-refractivity contribution in [3.05, 3.63) is 78.4 Å². The number of hydrogen-bond donors (Lipinski definition) is 2. The highest BCUT2D eigenvalue weighted by Crippen LogP contribution is 2.19. The Morgan fingerprint density at radius 3 is 2.50 bits per heavy atom. The molecular weight excluding hydrogens is 326 g/mol. The minimum absolute atomic E-state index is 0.0117. The van der Waals surface area contributed by atoms with Gasteiger partial charge < -0.3 is 15.2 Å². The lowest BCUT2D eigenvalue weighted by Crippen LogP contribution is -2.39. The third-order valence-corrected chi connectivity index (χ3v) is 4.45. The van der Waals surface area contributed by atoms with Gasteiger partial charge in [0.1, 0.15) is 12.7 Å². The summed E-state index contributed by atoms with van der Waals surface area (Å²) < 4.78 is 1.88. The third-order valence-electron chi connectivity index (χ3n) is 4.45. The molecule has 0 saturated heterocycles. The molecule has 1 heterocycles. The number of benzene rings is 2. The van der Waals surface area contributed by atoms with Gasteiger partial charge in [-0.2, -0.15) is 0 Å². The second kappa shape index (κ2) is 8.29. The molecule has 0 aliphatic rings. The van der Waals surface area contributed by atoms with E-state index in [-0.39, 0.29) is 18.0 Å². The smallest absolute Gasteiger partial charge is 0.319 e. The number of hydrogen-bond acceptors (Lipinski definition) is 3. The first-order valence-corrected chi connectivity index (χ1v) is 8.65. The Balaban J connectivity index is 1.57. The van der Waals surface area contributed by atoms with Gasteiger partial charge in [0.25, 0.3) is 0 Å². The average molecular weight is 349 g/mol. The fraction of sp³-hybridized carbons (Fsp3) is 0.250. The molecule has 0 bridgehead atoms. The van der Waals surface area contributed by atoms with E-state index in [4.69, 9.17) is 0 Å². The molecule has 0 spiro atoms. The van der Waals surface area contributed by atoms with Crippen LogP contribution in [0.25, 0.3) is 0 Å². The van der Waals surface area contributed by atoms with E-state index in [0.717, 1.165) is 11.3 Å². The minimum Gasteiger partial charge on any atom is -0.335 e. The van der Waals surface area contributed by atoms with Crippen LogP contribution in [0.5, 0.6) is 0 Å². The summed E-state index contributed by atoms with van der Waals surface area (Å²) >= 11 is 0. The van der Waals surface area contributed by atoms with Gasteiger partial charge >= 0.3 is 6.03 Å². The van der Waals surface area contributed by atoms with Crippen molar-refractivity contribution in [2.45, 2.75) is 32.4 Å². The number of anilines is 1. The number of nitrogens with one attached hydrogen (secondary N) is 2. The molecule has 6 heteroatoms. The van der Waals surface area contributed by atoms with Crippen molar-refractivity contribution in [3.8, 4) is 0 Å².